The van der Waals surface area contributed by atoms with E-state index in [1.165, 1.54) is 0 Å². The fraction of sp³-hybridized carbons (Fsp3) is 0.280. The van der Waals surface area contributed by atoms with Gasteiger partial charge in [0.25, 0.3) is 0 Å². The van der Waals surface area contributed by atoms with Gasteiger partial charge in [0, 0.05) is 5.56 Å². The molecule has 0 unspecified atom stereocenters. The first kappa shape index (κ1) is 23.5. The van der Waals surface area contributed by atoms with Gasteiger partial charge < -0.3 is 29.4 Å². The summed E-state index contributed by atoms with van der Waals surface area (Å²) in [5.74, 6) is 0.905. The van der Waals surface area contributed by atoms with E-state index in [-0.39, 0.29) is 30.2 Å². The zero-order valence-electron chi connectivity index (χ0n) is 19.0. The van der Waals surface area contributed by atoms with Gasteiger partial charge in [0.1, 0.15) is 41.3 Å². The summed E-state index contributed by atoms with van der Waals surface area (Å²) in [7, 11) is 3.15. The molecular formula is C25H26N2O6. The number of carbonyl (C=O) groups is 1. The van der Waals surface area contributed by atoms with Crippen LogP contribution >= 0.6 is 0 Å². The minimum atomic E-state index is -0.742. The number of hydrogen-bond donors (Lipinski definition) is 1. The molecule has 2 aromatic carbocycles. The summed E-state index contributed by atoms with van der Waals surface area (Å²) in [5, 5.41) is 9.73. The quantitative estimate of drug-likeness (QED) is 0.602. The van der Waals surface area contributed by atoms with Gasteiger partial charge >= 0.3 is 5.97 Å². The Labute approximate surface area is 192 Å². The van der Waals surface area contributed by atoms with Crippen LogP contribution in [0.25, 0.3) is 0 Å². The minimum absolute atomic E-state index is 0.0427. The Morgan fingerprint density at radius 2 is 1.82 bits per heavy atom. The van der Waals surface area contributed by atoms with Crippen LogP contribution in [0, 0.1) is 11.3 Å². The van der Waals surface area contributed by atoms with E-state index in [0.29, 0.717) is 22.8 Å². The second kappa shape index (κ2) is 10.5. The molecule has 0 aliphatic carbocycles. The van der Waals surface area contributed by atoms with E-state index in [4.69, 9.17) is 29.4 Å². The topological polar surface area (TPSA) is 113 Å². The van der Waals surface area contributed by atoms with Gasteiger partial charge in [-0.25, -0.2) is 4.79 Å². The highest BCUT2D eigenvalue weighted by Gasteiger charge is 2.36. The third-order valence-corrected chi connectivity index (χ3v) is 5.20. The molecule has 0 radical (unpaired) electrons. The number of nitrogens with zero attached hydrogens (tertiary/aromatic N) is 1. The third-order valence-electron chi connectivity index (χ3n) is 5.20. The van der Waals surface area contributed by atoms with Crippen LogP contribution in [-0.4, -0.2) is 26.8 Å². The van der Waals surface area contributed by atoms with Crippen molar-refractivity contribution in [3.8, 4) is 23.3 Å². The number of nitriles is 1. The Kier molecular flexibility index (Phi) is 7.46. The van der Waals surface area contributed by atoms with Gasteiger partial charge in [-0.15, -0.1) is 0 Å². The van der Waals surface area contributed by atoms with Crippen LogP contribution in [0.5, 0.6) is 17.2 Å². The van der Waals surface area contributed by atoms with Gasteiger partial charge in [-0.1, -0.05) is 12.1 Å². The predicted molar refractivity (Wildman–Crippen MR) is 120 cm³/mol. The highest BCUT2D eigenvalue weighted by molar-refractivity contribution is 5.92. The Morgan fingerprint density at radius 1 is 1.12 bits per heavy atom. The largest absolute Gasteiger partial charge is 0.497 e. The third kappa shape index (κ3) is 5.04. The van der Waals surface area contributed by atoms with Gasteiger partial charge in [-0.3, -0.25) is 0 Å². The number of esters is 1. The van der Waals surface area contributed by atoms with Crippen molar-refractivity contribution in [2.24, 2.45) is 5.73 Å². The van der Waals surface area contributed by atoms with Crippen molar-refractivity contribution in [2.45, 2.75) is 26.4 Å². The zero-order valence-corrected chi connectivity index (χ0v) is 19.0. The van der Waals surface area contributed by atoms with Crippen molar-refractivity contribution < 1.29 is 28.5 Å². The number of methoxy groups -OCH3 is 2. The Morgan fingerprint density at radius 3 is 2.42 bits per heavy atom. The Bertz CT molecular complexity index is 1130. The average Bonchev–Trinajstić information content (AvgIpc) is 2.82. The lowest BCUT2D eigenvalue weighted by molar-refractivity contribution is -0.139. The summed E-state index contributed by atoms with van der Waals surface area (Å²) < 4.78 is 27.3. The summed E-state index contributed by atoms with van der Waals surface area (Å²) in [5.41, 5.74) is 7.76. The average molecular weight is 450 g/mol. The first-order valence-electron chi connectivity index (χ1n) is 10.3. The van der Waals surface area contributed by atoms with Crippen LogP contribution < -0.4 is 19.9 Å². The van der Waals surface area contributed by atoms with Crippen LogP contribution in [-0.2, 0) is 20.9 Å². The molecule has 8 heteroatoms. The van der Waals surface area contributed by atoms with Crippen molar-refractivity contribution in [3.05, 3.63) is 76.4 Å². The van der Waals surface area contributed by atoms with E-state index in [2.05, 4.69) is 6.07 Å². The number of ether oxygens (including phenoxy) is 5. The lowest BCUT2D eigenvalue weighted by atomic mass is 9.82. The van der Waals surface area contributed by atoms with Crippen LogP contribution in [0.3, 0.4) is 0 Å². The van der Waals surface area contributed by atoms with Crippen LogP contribution in [0.2, 0.25) is 0 Å². The molecule has 172 valence electrons. The molecule has 1 atom stereocenters. The van der Waals surface area contributed by atoms with Gasteiger partial charge in [-0.05, 0) is 49.7 Å². The lowest BCUT2D eigenvalue weighted by Crippen LogP contribution is -2.25. The molecule has 33 heavy (non-hydrogen) atoms. The molecule has 0 saturated heterocycles. The maximum Gasteiger partial charge on any atom is 0.338 e. The SMILES string of the molecule is CCOC(=O)C1=C(C)OC(N)=C(C#N)[C@@H]1c1ccc(COc2ccc(OC)cc2)c(OC)c1. The van der Waals surface area contributed by atoms with E-state index in [9.17, 15) is 10.1 Å². The monoisotopic (exact) mass is 450 g/mol. The molecule has 2 aromatic rings. The molecule has 3 rings (SSSR count). The minimum Gasteiger partial charge on any atom is -0.497 e. The van der Waals surface area contributed by atoms with Crippen molar-refractivity contribution >= 4 is 5.97 Å². The van der Waals surface area contributed by atoms with E-state index in [1.54, 1.807) is 34.1 Å². The summed E-state index contributed by atoms with van der Waals surface area (Å²) in [6.07, 6.45) is 0. The predicted octanol–water partition coefficient (Wildman–Crippen LogP) is 3.93. The highest BCUT2D eigenvalue weighted by atomic mass is 16.5. The standard InChI is InChI=1S/C25H26N2O6/c1-5-31-25(28)22-15(2)33-24(27)20(13-26)23(22)16-6-7-17(21(12-16)30-4)14-32-19-10-8-18(29-3)9-11-19/h6-12,23H,5,14,27H2,1-4H3/t23-/m0/s1. The van der Waals surface area contributed by atoms with Crippen molar-refractivity contribution in [2.75, 3.05) is 20.8 Å². The number of benzene rings is 2. The molecule has 0 spiro atoms. The number of carbonyl (C=O) groups excluding carboxylic acids is 1. The summed E-state index contributed by atoms with van der Waals surface area (Å²) in [6, 6.07) is 14.7. The highest BCUT2D eigenvalue weighted by Crippen LogP contribution is 2.41. The molecule has 1 aliphatic rings. The normalized spacial score (nSPS) is 15.4. The fourth-order valence-electron chi connectivity index (χ4n) is 3.58. The van der Waals surface area contributed by atoms with Crippen LogP contribution in [0.1, 0.15) is 30.9 Å². The van der Waals surface area contributed by atoms with Gasteiger partial charge in [-0.2, -0.15) is 5.26 Å². The smallest absolute Gasteiger partial charge is 0.338 e. The molecule has 0 amide bonds. The molecule has 0 saturated carbocycles. The molecule has 0 aromatic heterocycles. The summed E-state index contributed by atoms with van der Waals surface area (Å²) >= 11 is 0. The van der Waals surface area contributed by atoms with E-state index in [0.717, 1.165) is 11.3 Å². The Hall–Kier alpha value is -4.12. The lowest BCUT2D eigenvalue weighted by Gasteiger charge is -2.27. The van der Waals surface area contributed by atoms with Crippen LogP contribution in [0.15, 0.2) is 65.3 Å². The molecule has 1 heterocycles. The first-order valence-corrected chi connectivity index (χ1v) is 10.3. The second-order valence-electron chi connectivity index (χ2n) is 7.15. The Balaban J connectivity index is 1.94. The maximum absolute atomic E-state index is 12.7. The van der Waals surface area contributed by atoms with Crippen molar-refractivity contribution in [1.82, 2.24) is 0 Å². The van der Waals surface area contributed by atoms with Gasteiger partial charge in [0.05, 0.1) is 32.3 Å². The fourth-order valence-corrected chi connectivity index (χ4v) is 3.58. The van der Waals surface area contributed by atoms with Gasteiger partial charge in [0.15, 0.2) is 0 Å². The van der Waals surface area contributed by atoms with Crippen molar-refractivity contribution in [3.63, 3.8) is 0 Å². The second-order valence-corrected chi connectivity index (χ2v) is 7.15. The number of hydrogen-bond acceptors (Lipinski definition) is 8. The number of allylic oxidation sites excluding steroid dienone is 2. The summed E-state index contributed by atoms with van der Waals surface area (Å²) in [6.45, 7) is 3.78. The summed E-state index contributed by atoms with van der Waals surface area (Å²) in [4.78, 5) is 12.7. The molecular weight excluding hydrogens is 424 g/mol. The van der Waals surface area contributed by atoms with E-state index >= 15 is 0 Å². The molecule has 0 bridgehead atoms. The molecule has 8 nitrogen and oxygen atoms in total. The van der Waals surface area contributed by atoms with Crippen molar-refractivity contribution in [1.29, 1.82) is 5.26 Å². The molecule has 1 aliphatic heterocycles. The van der Waals surface area contributed by atoms with E-state index in [1.807, 2.05) is 36.4 Å². The molecule has 2 N–H and O–H groups in total. The van der Waals surface area contributed by atoms with Gasteiger partial charge in [0.2, 0.25) is 5.88 Å². The maximum atomic E-state index is 12.7. The van der Waals surface area contributed by atoms with Crippen LogP contribution in [0.4, 0.5) is 0 Å². The zero-order chi connectivity index (χ0) is 24.0. The number of nitrogens with two attached hydrogens (primary N) is 1. The molecule has 0 fully saturated rings. The number of rotatable bonds is 8. The van der Waals surface area contributed by atoms with E-state index < -0.39 is 11.9 Å². The first-order chi connectivity index (χ1) is 15.9.